The van der Waals surface area contributed by atoms with Crippen molar-refractivity contribution in [3.63, 3.8) is 0 Å². The summed E-state index contributed by atoms with van der Waals surface area (Å²) in [5.41, 5.74) is 6.81. The van der Waals surface area contributed by atoms with Gasteiger partial charge in [0, 0.05) is 25.5 Å². The first-order chi connectivity index (χ1) is 8.40. The number of hydrogen-bond donors (Lipinski definition) is 2. The lowest BCUT2D eigenvalue weighted by molar-refractivity contribution is 0.298. The normalized spacial score (nSPS) is 24.5. The molecule has 0 amide bonds. The fraction of sp³-hybridized carbons (Fsp3) is 0.769. The Morgan fingerprint density at radius 2 is 1.88 bits per heavy atom. The van der Waals surface area contributed by atoms with Gasteiger partial charge in [-0.2, -0.15) is 0 Å². The molecule has 3 N–H and O–H groups in total. The SMILES string of the molecule is NC=C(C=NC1CCNCC1)N1CCCCC1. The molecule has 0 saturated carbocycles. The average Bonchev–Trinajstić information content (AvgIpc) is 2.42. The molecular weight excluding hydrogens is 212 g/mol. The van der Waals surface area contributed by atoms with Crippen molar-refractivity contribution < 1.29 is 0 Å². The molecule has 2 aliphatic heterocycles. The van der Waals surface area contributed by atoms with Crippen molar-refractivity contribution in [1.29, 1.82) is 0 Å². The number of piperidine rings is 2. The van der Waals surface area contributed by atoms with E-state index in [0.29, 0.717) is 6.04 Å². The minimum absolute atomic E-state index is 0.482. The highest BCUT2D eigenvalue weighted by Gasteiger charge is 2.13. The second-order valence-electron chi connectivity index (χ2n) is 4.90. The minimum Gasteiger partial charge on any atom is -0.403 e. The number of aliphatic imine (C=N–C) groups is 1. The van der Waals surface area contributed by atoms with Crippen molar-refractivity contribution in [3.05, 3.63) is 11.9 Å². The molecule has 0 radical (unpaired) electrons. The van der Waals surface area contributed by atoms with Crippen molar-refractivity contribution in [3.8, 4) is 0 Å². The molecule has 2 heterocycles. The van der Waals surface area contributed by atoms with E-state index in [0.717, 1.165) is 44.7 Å². The van der Waals surface area contributed by atoms with Gasteiger partial charge in [-0.3, -0.25) is 4.99 Å². The van der Waals surface area contributed by atoms with Crippen molar-refractivity contribution >= 4 is 6.21 Å². The summed E-state index contributed by atoms with van der Waals surface area (Å²) in [5, 5.41) is 3.36. The third-order valence-electron chi connectivity index (χ3n) is 3.62. The molecule has 0 aliphatic carbocycles. The van der Waals surface area contributed by atoms with Gasteiger partial charge in [0.05, 0.1) is 11.7 Å². The first kappa shape index (κ1) is 12.4. The van der Waals surface area contributed by atoms with Crippen LogP contribution in [0.1, 0.15) is 32.1 Å². The van der Waals surface area contributed by atoms with Crippen LogP contribution in [0.4, 0.5) is 0 Å². The lowest BCUT2D eigenvalue weighted by Gasteiger charge is -2.29. The van der Waals surface area contributed by atoms with Crippen molar-refractivity contribution in [2.24, 2.45) is 10.7 Å². The first-order valence-electron chi connectivity index (χ1n) is 6.81. The van der Waals surface area contributed by atoms with Crippen molar-refractivity contribution in [2.75, 3.05) is 26.2 Å². The number of allylic oxidation sites excluding steroid dienone is 1. The monoisotopic (exact) mass is 236 g/mol. The summed E-state index contributed by atoms with van der Waals surface area (Å²) in [4.78, 5) is 7.03. The zero-order chi connectivity index (χ0) is 11.9. The summed E-state index contributed by atoms with van der Waals surface area (Å²) >= 11 is 0. The highest BCUT2D eigenvalue weighted by Crippen LogP contribution is 2.14. The summed E-state index contributed by atoms with van der Waals surface area (Å²) in [6.07, 6.45) is 9.89. The second-order valence-corrected chi connectivity index (χ2v) is 4.90. The Morgan fingerprint density at radius 3 is 2.53 bits per heavy atom. The summed E-state index contributed by atoms with van der Waals surface area (Å²) in [6, 6.07) is 0.482. The maximum atomic E-state index is 5.71. The Labute approximate surface area is 104 Å². The van der Waals surface area contributed by atoms with Gasteiger partial charge in [-0.05, 0) is 45.2 Å². The number of nitrogens with two attached hydrogens (primary N) is 1. The molecule has 2 fully saturated rings. The second kappa shape index (κ2) is 6.64. The number of nitrogens with zero attached hydrogens (tertiary/aromatic N) is 2. The van der Waals surface area contributed by atoms with E-state index in [1.54, 1.807) is 6.20 Å². The van der Waals surface area contributed by atoms with Crippen LogP contribution in [0.5, 0.6) is 0 Å². The zero-order valence-electron chi connectivity index (χ0n) is 10.6. The van der Waals surface area contributed by atoms with Crippen LogP contribution < -0.4 is 11.1 Å². The molecule has 4 heteroatoms. The molecule has 0 aromatic heterocycles. The molecule has 0 spiro atoms. The molecule has 0 atom stereocenters. The predicted octanol–water partition coefficient (Wildman–Crippen LogP) is 1.10. The van der Waals surface area contributed by atoms with Gasteiger partial charge in [0.25, 0.3) is 0 Å². The molecule has 2 saturated heterocycles. The van der Waals surface area contributed by atoms with Crippen molar-refractivity contribution in [2.45, 2.75) is 38.1 Å². The third kappa shape index (κ3) is 3.73. The summed E-state index contributed by atoms with van der Waals surface area (Å²) < 4.78 is 0. The van der Waals surface area contributed by atoms with Crippen molar-refractivity contribution in [1.82, 2.24) is 10.2 Å². The van der Waals surface area contributed by atoms with Crippen LogP contribution in [0.15, 0.2) is 16.9 Å². The molecule has 0 unspecified atom stereocenters. The molecule has 2 aliphatic rings. The van der Waals surface area contributed by atoms with Crippen LogP contribution in [0.25, 0.3) is 0 Å². The molecule has 0 aromatic rings. The quantitative estimate of drug-likeness (QED) is 0.721. The Hall–Kier alpha value is -1.03. The Kier molecular flexibility index (Phi) is 4.86. The maximum absolute atomic E-state index is 5.71. The third-order valence-corrected chi connectivity index (χ3v) is 3.62. The Bertz CT molecular complexity index is 273. The maximum Gasteiger partial charge on any atom is 0.0705 e. The van der Waals surface area contributed by atoms with E-state index in [2.05, 4.69) is 15.2 Å². The fourth-order valence-electron chi connectivity index (χ4n) is 2.52. The molecule has 4 nitrogen and oxygen atoms in total. The molecule has 0 aromatic carbocycles. The average molecular weight is 236 g/mol. The summed E-state index contributed by atoms with van der Waals surface area (Å²) in [5.74, 6) is 0. The lowest BCUT2D eigenvalue weighted by atomic mass is 10.1. The smallest absolute Gasteiger partial charge is 0.0705 e. The van der Waals surface area contributed by atoms with Gasteiger partial charge in [0.1, 0.15) is 0 Å². The van der Waals surface area contributed by atoms with Crippen LogP contribution in [0.2, 0.25) is 0 Å². The van der Waals surface area contributed by atoms with Crippen LogP contribution in [0.3, 0.4) is 0 Å². The Morgan fingerprint density at radius 1 is 1.18 bits per heavy atom. The van der Waals surface area contributed by atoms with Crippen LogP contribution in [0, 0.1) is 0 Å². The van der Waals surface area contributed by atoms with Gasteiger partial charge in [0.2, 0.25) is 0 Å². The highest BCUT2D eigenvalue weighted by molar-refractivity contribution is 5.77. The van der Waals surface area contributed by atoms with Gasteiger partial charge in [0.15, 0.2) is 0 Å². The van der Waals surface area contributed by atoms with Gasteiger partial charge < -0.3 is 16.0 Å². The van der Waals surface area contributed by atoms with E-state index < -0.39 is 0 Å². The van der Waals surface area contributed by atoms with E-state index in [9.17, 15) is 0 Å². The summed E-state index contributed by atoms with van der Waals surface area (Å²) in [7, 11) is 0. The molecule has 17 heavy (non-hydrogen) atoms. The van der Waals surface area contributed by atoms with E-state index >= 15 is 0 Å². The largest absolute Gasteiger partial charge is 0.403 e. The van der Waals surface area contributed by atoms with Crippen LogP contribution >= 0.6 is 0 Å². The zero-order valence-corrected chi connectivity index (χ0v) is 10.6. The van der Waals surface area contributed by atoms with E-state index in [1.165, 1.54) is 19.3 Å². The lowest BCUT2D eigenvalue weighted by Crippen LogP contribution is -2.32. The fourth-order valence-corrected chi connectivity index (χ4v) is 2.52. The Balaban J connectivity index is 1.87. The van der Waals surface area contributed by atoms with Gasteiger partial charge in [-0.15, -0.1) is 0 Å². The minimum atomic E-state index is 0.482. The van der Waals surface area contributed by atoms with Gasteiger partial charge in [-0.25, -0.2) is 0 Å². The topological polar surface area (TPSA) is 53.6 Å². The van der Waals surface area contributed by atoms with Gasteiger partial charge >= 0.3 is 0 Å². The van der Waals surface area contributed by atoms with Crippen LogP contribution in [-0.2, 0) is 0 Å². The number of hydrogen-bond acceptors (Lipinski definition) is 4. The summed E-state index contributed by atoms with van der Waals surface area (Å²) in [6.45, 7) is 4.43. The number of nitrogens with one attached hydrogen (secondary N) is 1. The predicted molar refractivity (Wildman–Crippen MR) is 72.1 cm³/mol. The molecular formula is C13H24N4. The molecule has 96 valence electrons. The standard InChI is InChI=1S/C13H24N4/c14-10-13(17-8-2-1-3-9-17)11-16-12-4-6-15-7-5-12/h10-12,15H,1-9,14H2. The number of rotatable bonds is 3. The van der Waals surface area contributed by atoms with Crippen LogP contribution in [-0.4, -0.2) is 43.3 Å². The van der Waals surface area contributed by atoms with Gasteiger partial charge in [-0.1, -0.05) is 0 Å². The highest BCUT2D eigenvalue weighted by atomic mass is 15.1. The van der Waals surface area contributed by atoms with E-state index in [-0.39, 0.29) is 0 Å². The van der Waals surface area contributed by atoms with E-state index in [4.69, 9.17) is 5.73 Å². The molecule has 0 bridgehead atoms. The molecule has 2 rings (SSSR count). The first-order valence-corrected chi connectivity index (χ1v) is 6.81. The number of likely N-dealkylation sites (tertiary alicyclic amines) is 1. The van der Waals surface area contributed by atoms with E-state index in [1.807, 2.05) is 6.21 Å².